The Labute approximate surface area is 146 Å². The van der Waals surface area contributed by atoms with Crippen LogP contribution >= 0.6 is 45.8 Å². The first-order chi connectivity index (χ1) is 9.83. The van der Waals surface area contributed by atoms with Crippen LogP contribution in [0.5, 0.6) is 0 Å². The molecule has 4 nitrogen and oxygen atoms in total. The molecule has 21 heavy (non-hydrogen) atoms. The molecule has 0 heterocycles. The number of nitrogens with one attached hydrogen (secondary N) is 1. The van der Waals surface area contributed by atoms with E-state index >= 15 is 0 Å². The molecule has 0 aliphatic carbocycles. The average molecular weight is 458 g/mol. The molecule has 2 N–H and O–H groups in total. The van der Waals surface area contributed by atoms with Crippen LogP contribution in [-0.4, -0.2) is 13.5 Å². The highest BCUT2D eigenvalue weighted by molar-refractivity contribution is 14.1. The number of aliphatic hydroxyl groups is 1. The second-order valence-electron chi connectivity index (χ2n) is 4.15. The largest absolute Gasteiger partial charge is 0.392 e. The van der Waals surface area contributed by atoms with Crippen LogP contribution in [0.15, 0.2) is 41.3 Å². The van der Waals surface area contributed by atoms with Gasteiger partial charge in [0.25, 0.3) is 10.0 Å². The molecule has 0 bridgehead atoms. The Morgan fingerprint density at radius 3 is 2.48 bits per heavy atom. The minimum atomic E-state index is -3.85. The lowest BCUT2D eigenvalue weighted by molar-refractivity contribution is 0.281. The third-order valence-electron chi connectivity index (χ3n) is 2.64. The van der Waals surface area contributed by atoms with Gasteiger partial charge in [-0.1, -0.05) is 29.3 Å². The van der Waals surface area contributed by atoms with E-state index in [2.05, 4.69) is 4.72 Å². The summed E-state index contributed by atoms with van der Waals surface area (Å²) in [6, 6.07) is 9.15. The molecule has 2 rings (SSSR count). The molecule has 2 aromatic carbocycles. The summed E-state index contributed by atoms with van der Waals surface area (Å²) >= 11 is 13.8. The summed E-state index contributed by atoms with van der Waals surface area (Å²) in [4.78, 5) is -0.0820. The fourth-order valence-corrected chi connectivity index (χ4v) is 4.44. The number of halogens is 3. The molecular formula is C13H10Cl2INO3S. The van der Waals surface area contributed by atoms with E-state index in [0.717, 1.165) is 0 Å². The number of hydrogen-bond acceptors (Lipinski definition) is 3. The Morgan fingerprint density at radius 2 is 1.86 bits per heavy atom. The van der Waals surface area contributed by atoms with Gasteiger partial charge >= 0.3 is 0 Å². The van der Waals surface area contributed by atoms with Gasteiger partial charge in [-0.15, -0.1) is 0 Å². The Bertz CT molecular complexity index is 781. The molecular weight excluding hydrogens is 448 g/mol. The molecule has 2 aromatic rings. The van der Waals surface area contributed by atoms with Crippen molar-refractivity contribution in [3.8, 4) is 0 Å². The van der Waals surface area contributed by atoms with Crippen molar-refractivity contribution in [2.45, 2.75) is 11.5 Å². The highest BCUT2D eigenvalue weighted by atomic mass is 127. The monoisotopic (exact) mass is 457 g/mol. The zero-order chi connectivity index (χ0) is 15.6. The van der Waals surface area contributed by atoms with Crippen LogP contribution in [0.25, 0.3) is 0 Å². The summed E-state index contributed by atoms with van der Waals surface area (Å²) in [5, 5.41) is 9.71. The third kappa shape index (κ3) is 4.01. The summed E-state index contributed by atoms with van der Waals surface area (Å²) in [6.07, 6.45) is 0. The van der Waals surface area contributed by atoms with E-state index in [-0.39, 0.29) is 16.5 Å². The van der Waals surface area contributed by atoms with E-state index in [1.807, 2.05) is 22.6 Å². The molecule has 0 atom stereocenters. The summed E-state index contributed by atoms with van der Waals surface area (Å²) in [5.41, 5.74) is 0.871. The minimum Gasteiger partial charge on any atom is -0.392 e. The number of rotatable bonds is 4. The van der Waals surface area contributed by atoms with E-state index in [0.29, 0.717) is 19.8 Å². The van der Waals surface area contributed by atoms with E-state index in [9.17, 15) is 8.42 Å². The third-order valence-corrected chi connectivity index (χ3v) is 5.62. The van der Waals surface area contributed by atoms with Gasteiger partial charge in [0.2, 0.25) is 0 Å². The molecule has 0 amide bonds. The molecule has 0 fully saturated rings. The molecule has 0 aromatic heterocycles. The first kappa shape index (κ1) is 16.8. The Hall–Kier alpha value is -0.540. The van der Waals surface area contributed by atoms with Crippen LogP contribution in [0.3, 0.4) is 0 Å². The molecule has 0 saturated carbocycles. The average Bonchev–Trinajstić information content (AvgIpc) is 2.42. The van der Waals surface area contributed by atoms with Crippen LogP contribution in [0.1, 0.15) is 5.56 Å². The van der Waals surface area contributed by atoms with Gasteiger partial charge in [0.1, 0.15) is 4.90 Å². The molecule has 112 valence electrons. The lowest BCUT2D eigenvalue weighted by atomic mass is 10.2. The molecule has 0 radical (unpaired) electrons. The van der Waals surface area contributed by atoms with Crippen molar-refractivity contribution in [3.05, 3.63) is 55.6 Å². The number of sulfonamides is 1. The van der Waals surface area contributed by atoms with E-state index in [1.54, 1.807) is 24.3 Å². The standard InChI is InChI=1S/C13H10Cl2INO3S/c14-9-2-4-12(11(16)6-9)17-21(19,20)13-5-8(7-18)1-3-10(13)15/h1-6,17-18H,7H2. The second-order valence-corrected chi connectivity index (χ2v) is 7.81. The fraction of sp³-hybridized carbons (Fsp3) is 0.0769. The maximum Gasteiger partial charge on any atom is 0.263 e. The van der Waals surface area contributed by atoms with E-state index in [1.165, 1.54) is 12.1 Å². The van der Waals surface area contributed by atoms with Gasteiger partial charge in [-0.05, 0) is 58.5 Å². The quantitative estimate of drug-likeness (QED) is 0.684. The van der Waals surface area contributed by atoms with Crippen molar-refractivity contribution < 1.29 is 13.5 Å². The molecule has 0 spiro atoms. The van der Waals surface area contributed by atoms with Gasteiger partial charge in [-0.2, -0.15) is 0 Å². The van der Waals surface area contributed by atoms with Crippen molar-refractivity contribution in [2.75, 3.05) is 4.72 Å². The fourth-order valence-electron chi connectivity index (χ4n) is 1.62. The Balaban J connectivity index is 2.43. The number of aliphatic hydroxyl groups excluding tert-OH is 1. The second kappa shape index (κ2) is 6.70. The highest BCUT2D eigenvalue weighted by Crippen LogP contribution is 2.28. The SMILES string of the molecule is O=S(=O)(Nc1ccc(Cl)cc1I)c1cc(CO)ccc1Cl. The number of benzene rings is 2. The van der Waals surface area contributed by atoms with Crippen molar-refractivity contribution in [1.82, 2.24) is 0 Å². The predicted molar refractivity (Wildman–Crippen MR) is 92.4 cm³/mol. The summed E-state index contributed by atoms with van der Waals surface area (Å²) in [7, 11) is -3.85. The predicted octanol–water partition coefficient (Wildman–Crippen LogP) is 3.89. The molecule has 0 saturated heterocycles. The van der Waals surface area contributed by atoms with Crippen LogP contribution in [0.2, 0.25) is 10.0 Å². The molecule has 0 aliphatic heterocycles. The van der Waals surface area contributed by atoms with Crippen LogP contribution in [0.4, 0.5) is 5.69 Å². The van der Waals surface area contributed by atoms with Gasteiger partial charge in [-0.3, -0.25) is 4.72 Å². The van der Waals surface area contributed by atoms with E-state index < -0.39 is 10.0 Å². The van der Waals surface area contributed by atoms with Crippen LogP contribution in [0, 0.1) is 3.57 Å². The topological polar surface area (TPSA) is 66.4 Å². The minimum absolute atomic E-state index is 0.0820. The summed E-state index contributed by atoms with van der Waals surface area (Å²) in [5.74, 6) is 0. The Morgan fingerprint density at radius 1 is 1.14 bits per heavy atom. The lowest BCUT2D eigenvalue weighted by Gasteiger charge is -2.12. The maximum atomic E-state index is 12.4. The number of hydrogen-bond donors (Lipinski definition) is 2. The molecule has 0 aliphatic rings. The van der Waals surface area contributed by atoms with Gasteiger partial charge in [-0.25, -0.2) is 8.42 Å². The van der Waals surface area contributed by atoms with Crippen molar-refractivity contribution >= 4 is 61.5 Å². The molecule has 0 unspecified atom stereocenters. The smallest absolute Gasteiger partial charge is 0.263 e. The Kier molecular flexibility index (Phi) is 5.37. The molecule has 8 heteroatoms. The van der Waals surface area contributed by atoms with Gasteiger partial charge in [0.05, 0.1) is 17.3 Å². The number of anilines is 1. The normalized spacial score (nSPS) is 11.4. The van der Waals surface area contributed by atoms with Crippen LogP contribution in [-0.2, 0) is 16.6 Å². The van der Waals surface area contributed by atoms with Gasteiger partial charge in [0.15, 0.2) is 0 Å². The zero-order valence-electron chi connectivity index (χ0n) is 10.5. The van der Waals surface area contributed by atoms with E-state index in [4.69, 9.17) is 28.3 Å². The van der Waals surface area contributed by atoms with Crippen LogP contribution < -0.4 is 4.72 Å². The van der Waals surface area contributed by atoms with Crippen molar-refractivity contribution in [3.63, 3.8) is 0 Å². The zero-order valence-corrected chi connectivity index (χ0v) is 15.0. The first-order valence-electron chi connectivity index (χ1n) is 5.70. The van der Waals surface area contributed by atoms with Gasteiger partial charge < -0.3 is 5.11 Å². The van der Waals surface area contributed by atoms with Crippen molar-refractivity contribution in [1.29, 1.82) is 0 Å². The lowest BCUT2D eigenvalue weighted by Crippen LogP contribution is -2.14. The highest BCUT2D eigenvalue weighted by Gasteiger charge is 2.19. The maximum absolute atomic E-state index is 12.4. The van der Waals surface area contributed by atoms with Gasteiger partial charge in [0, 0.05) is 8.59 Å². The summed E-state index contributed by atoms with van der Waals surface area (Å²) < 4.78 is 28.0. The first-order valence-corrected chi connectivity index (χ1v) is 9.02. The van der Waals surface area contributed by atoms with Crippen molar-refractivity contribution in [2.24, 2.45) is 0 Å². The summed E-state index contributed by atoms with van der Waals surface area (Å²) in [6.45, 7) is -0.266.